The number of carbonyl (C=O) groups is 2. The summed E-state index contributed by atoms with van der Waals surface area (Å²) >= 11 is 0. The Morgan fingerprint density at radius 1 is 0.944 bits per heavy atom. The molecule has 0 saturated carbocycles. The molecule has 0 aliphatic rings. The van der Waals surface area contributed by atoms with Crippen LogP contribution in [0.4, 0.5) is 11.4 Å². The molecule has 4 aromatic rings. The second-order valence-corrected chi connectivity index (χ2v) is 8.10. The summed E-state index contributed by atoms with van der Waals surface area (Å²) in [6.45, 7) is 3.88. The van der Waals surface area contributed by atoms with E-state index in [9.17, 15) is 9.59 Å². The maximum Gasteiger partial charge on any atom is 0.287 e. The van der Waals surface area contributed by atoms with Gasteiger partial charge in [-0.1, -0.05) is 18.2 Å². The summed E-state index contributed by atoms with van der Waals surface area (Å²) in [6.07, 6.45) is 0.807. The number of furan rings is 1. The quantitative estimate of drug-likeness (QED) is 0.209. The molecular weight excluding hydrogens is 458 g/mol. The van der Waals surface area contributed by atoms with Gasteiger partial charge >= 0.3 is 0 Å². The first-order chi connectivity index (χ1) is 17.5. The first kappa shape index (κ1) is 24.8. The summed E-state index contributed by atoms with van der Waals surface area (Å²) in [7, 11) is 0. The molecule has 1 heterocycles. The lowest BCUT2D eigenvalue weighted by molar-refractivity contribution is 0.0920. The Bertz CT molecular complexity index is 1330. The maximum absolute atomic E-state index is 12.5. The number of anilines is 2. The Morgan fingerprint density at radius 3 is 2.53 bits per heavy atom. The average molecular weight is 488 g/mol. The van der Waals surface area contributed by atoms with Crippen LogP contribution in [0, 0.1) is 0 Å². The third kappa shape index (κ3) is 6.43. The Labute approximate surface area is 209 Å². The van der Waals surface area contributed by atoms with E-state index >= 15 is 0 Å². The van der Waals surface area contributed by atoms with Gasteiger partial charge in [0, 0.05) is 17.6 Å². The van der Waals surface area contributed by atoms with Crippen LogP contribution >= 0.6 is 0 Å². The standard InChI is InChI=1S/C28H29N3O5/c1-2-34-15-13-19-7-12-25-21(17-19)18-26(36-25)28(33)30-14-16-35-22-10-8-20(9-11-22)27(32)31-24-6-4-3-5-23(24)29/h3-12,17-18H,2,13-16,29H2,1H3,(H,30,33)(H,31,32). The Hall–Kier alpha value is -4.30. The van der Waals surface area contributed by atoms with Crippen molar-refractivity contribution in [3.63, 3.8) is 0 Å². The lowest BCUT2D eigenvalue weighted by Gasteiger charge is -2.09. The van der Waals surface area contributed by atoms with E-state index in [0.29, 0.717) is 48.0 Å². The SMILES string of the molecule is CCOCCc1ccc2oc(C(=O)NCCOc3ccc(C(=O)Nc4ccccc4N)cc3)cc2c1. The van der Waals surface area contributed by atoms with Crippen molar-refractivity contribution in [2.24, 2.45) is 0 Å². The highest BCUT2D eigenvalue weighted by Gasteiger charge is 2.13. The topological polar surface area (TPSA) is 116 Å². The summed E-state index contributed by atoms with van der Waals surface area (Å²) < 4.78 is 16.8. The zero-order chi connectivity index (χ0) is 25.3. The number of fused-ring (bicyclic) bond motifs is 1. The van der Waals surface area contributed by atoms with Crippen molar-refractivity contribution in [2.45, 2.75) is 13.3 Å². The van der Waals surface area contributed by atoms with E-state index in [1.54, 1.807) is 54.6 Å². The molecule has 4 rings (SSSR count). The molecule has 4 N–H and O–H groups in total. The van der Waals surface area contributed by atoms with Gasteiger partial charge < -0.3 is 30.3 Å². The predicted octanol–water partition coefficient (Wildman–Crippen LogP) is 4.66. The molecule has 0 atom stereocenters. The maximum atomic E-state index is 12.5. The van der Waals surface area contributed by atoms with Gasteiger partial charge in [-0.3, -0.25) is 9.59 Å². The van der Waals surface area contributed by atoms with Gasteiger partial charge in [0.05, 0.1) is 24.5 Å². The predicted molar refractivity (Wildman–Crippen MR) is 139 cm³/mol. The number of para-hydroxylation sites is 2. The van der Waals surface area contributed by atoms with Gasteiger partial charge in [-0.2, -0.15) is 0 Å². The zero-order valence-corrected chi connectivity index (χ0v) is 20.1. The van der Waals surface area contributed by atoms with Gasteiger partial charge in [0.2, 0.25) is 0 Å². The molecule has 0 unspecified atom stereocenters. The molecule has 186 valence electrons. The number of nitrogens with two attached hydrogens (primary N) is 1. The fourth-order valence-corrected chi connectivity index (χ4v) is 3.62. The smallest absolute Gasteiger partial charge is 0.287 e. The van der Waals surface area contributed by atoms with Crippen molar-refractivity contribution in [3.05, 3.63) is 89.7 Å². The van der Waals surface area contributed by atoms with E-state index in [1.165, 1.54) is 0 Å². The second kappa shape index (κ2) is 11.9. The van der Waals surface area contributed by atoms with E-state index in [2.05, 4.69) is 10.6 Å². The number of amides is 2. The number of hydrogen-bond donors (Lipinski definition) is 3. The molecule has 0 spiro atoms. The summed E-state index contributed by atoms with van der Waals surface area (Å²) in [5.41, 5.74) is 9.20. The van der Waals surface area contributed by atoms with Crippen molar-refractivity contribution in [1.82, 2.24) is 5.32 Å². The Balaban J connectivity index is 1.23. The zero-order valence-electron chi connectivity index (χ0n) is 20.1. The minimum Gasteiger partial charge on any atom is -0.492 e. The molecule has 1 aromatic heterocycles. The van der Waals surface area contributed by atoms with Crippen molar-refractivity contribution >= 4 is 34.2 Å². The van der Waals surface area contributed by atoms with Gasteiger partial charge in [-0.25, -0.2) is 0 Å². The Morgan fingerprint density at radius 2 is 1.75 bits per heavy atom. The third-order valence-corrected chi connectivity index (χ3v) is 5.53. The van der Waals surface area contributed by atoms with Gasteiger partial charge in [-0.05, 0) is 73.5 Å². The summed E-state index contributed by atoms with van der Waals surface area (Å²) in [6, 6.07) is 21.4. The number of benzene rings is 3. The molecule has 36 heavy (non-hydrogen) atoms. The minimum absolute atomic E-state index is 0.251. The van der Waals surface area contributed by atoms with Crippen molar-refractivity contribution in [1.29, 1.82) is 0 Å². The molecule has 0 saturated heterocycles. The molecule has 2 amide bonds. The van der Waals surface area contributed by atoms with Gasteiger partial charge in [0.25, 0.3) is 11.8 Å². The second-order valence-electron chi connectivity index (χ2n) is 8.10. The lowest BCUT2D eigenvalue weighted by atomic mass is 10.1. The largest absolute Gasteiger partial charge is 0.492 e. The molecule has 0 bridgehead atoms. The van der Waals surface area contributed by atoms with Crippen LogP contribution in [0.3, 0.4) is 0 Å². The van der Waals surface area contributed by atoms with Crippen molar-refractivity contribution in [3.8, 4) is 5.75 Å². The molecule has 8 nitrogen and oxygen atoms in total. The third-order valence-electron chi connectivity index (χ3n) is 5.53. The van der Waals surface area contributed by atoms with E-state index in [4.69, 9.17) is 19.6 Å². The van der Waals surface area contributed by atoms with E-state index in [-0.39, 0.29) is 24.2 Å². The molecule has 3 aromatic carbocycles. The molecular formula is C28H29N3O5. The number of carbonyl (C=O) groups excluding carboxylic acids is 2. The molecule has 0 aliphatic carbocycles. The lowest BCUT2D eigenvalue weighted by Crippen LogP contribution is -2.27. The highest BCUT2D eigenvalue weighted by atomic mass is 16.5. The van der Waals surface area contributed by atoms with Crippen LogP contribution in [0.5, 0.6) is 5.75 Å². The normalized spacial score (nSPS) is 10.8. The van der Waals surface area contributed by atoms with E-state index in [1.807, 2.05) is 25.1 Å². The average Bonchev–Trinajstić information content (AvgIpc) is 3.32. The van der Waals surface area contributed by atoms with Crippen LogP contribution < -0.4 is 21.1 Å². The number of hydrogen-bond acceptors (Lipinski definition) is 6. The first-order valence-corrected chi connectivity index (χ1v) is 11.8. The van der Waals surface area contributed by atoms with Gasteiger partial charge in [0.15, 0.2) is 5.76 Å². The van der Waals surface area contributed by atoms with Crippen molar-refractivity contribution in [2.75, 3.05) is 37.4 Å². The van der Waals surface area contributed by atoms with Crippen LogP contribution in [-0.2, 0) is 11.2 Å². The fraction of sp³-hybridized carbons (Fsp3) is 0.214. The molecule has 0 aliphatic heterocycles. The summed E-state index contributed by atoms with van der Waals surface area (Å²) in [4.78, 5) is 24.9. The summed E-state index contributed by atoms with van der Waals surface area (Å²) in [5, 5.41) is 6.46. The minimum atomic E-state index is -0.308. The van der Waals surface area contributed by atoms with Crippen LogP contribution in [0.25, 0.3) is 11.0 Å². The van der Waals surface area contributed by atoms with Crippen LogP contribution in [0.15, 0.2) is 77.2 Å². The van der Waals surface area contributed by atoms with Crippen LogP contribution in [-0.4, -0.2) is 38.2 Å². The van der Waals surface area contributed by atoms with Crippen LogP contribution in [0.1, 0.15) is 33.4 Å². The van der Waals surface area contributed by atoms with Gasteiger partial charge in [-0.15, -0.1) is 0 Å². The van der Waals surface area contributed by atoms with Gasteiger partial charge in [0.1, 0.15) is 17.9 Å². The monoisotopic (exact) mass is 487 g/mol. The fourth-order valence-electron chi connectivity index (χ4n) is 3.62. The number of rotatable bonds is 11. The Kier molecular flexibility index (Phi) is 8.20. The molecule has 8 heteroatoms. The molecule has 0 fully saturated rings. The summed E-state index contributed by atoms with van der Waals surface area (Å²) in [5.74, 6) is 0.265. The van der Waals surface area contributed by atoms with E-state index < -0.39 is 0 Å². The number of ether oxygens (including phenoxy) is 2. The highest BCUT2D eigenvalue weighted by molar-refractivity contribution is 6.05. The molecule has 0 radical (unpaired) electrons. The van der Waals surface area contributed by atoms with E-state index in [0.717, 1.165) is 17.4 Å². The first-order valence-electron chi connectivity index (χ1n) is 11.8. The van der Waals surface area contributed by atoms with Crippen molar-refractivity contribution < 1.29 is 23.5 Å². The number of nitrogens with one attached hydrogen (secondary N) is 2. The number of nitrogen functional groups attached to an aromatic ring is 1. The van der Waals surface area contributed by atoms with Crippen LogP contribution in [0.2, 0.25) is 0 Å². The highest BCUT2D eigenvalue weighted by Crippen LogP contribution is 2.22.